The van der Waals surface area contributed by atoms with Gasteiger partial charge in [-0.05, 0) is 12.1 Å². The minimum absolute atomic E-state index is 0.0431. The zero-order chi connectivity index (χ0) is 15.9. The number of para-hydroxylation sites is 2. The molecule has 0 aliphatic carbocycles. The van der Waals surface area contributed by atoms with E-state index in [4.69, 9.17) is 16.7 Å². The van der Waals surface area contributed by atoms with Crippen molar-refractivity contribution in [2.24, 2.45) is 0 Å². The Morgan fingerprint density at radius 1 is 1.23 bits per heavy atom. The van der Waals surface area contributed by atoms with Crippen LogP contribution in [0.3, 0.4) is 0 Å². The normalized spacial score (nSPS) is 10.5. The number of nitriles is 1. The van der Waals surface area contributed by atoms with Crippen LogP contribution in [0, 0.1) is 11.3 Å². The predicted octanol–water partition coefficient (Wildman–Crippen LogP) is 0.110. The van der Waals surface area contributed by atoms with Crippen molar-refractivity contribution in [1.29, 1.82) is 5.26 Å². The molecule has 22 heavy (non-hydrogen) atoms. The molecular formula is C14H10N6O2. The summed E-state index contributed by atoms with van der Waals surface area (Å²) in [6.07, 6.45) is 0. The molecule has 0 radical (unpaired) electrons. The van der Waals surface area contributed by atoms with Crippen LogP contribution in [0.25, 0.3) is 16.9 Å². The van der Waals surface area contributed by atoms with E-state index in [1.54, 1.807) is 30.3 Å². The zero-order valence-electron chi connectivity index (χ0n) is 11.2. The molecule has 0 unspecified atom stereocenters. The maximum absolute atomic E-state index is 12.3. The van der Waals surface area contributed by atoms with Gasteiger partial charge >= 0.3 is 0 Å². The Bertz CT molecular complexity index is 1060. The van der Waals surface area contributed by atoms with Crippen molar-refractivity contribution in [3.05, 3.63) is 56.6 Å². The molecule has 0 saturated carbocycles. The van der Waals surface area contributed by atoms with Gasteiger partial charge in [-0.25, -0.2) is 9.55 Å². The quantitative estimate of drug-likeness (QED) is 0.581. The fraction of sp³-hybridized carbons (Fsp3) is 0. The van der Waals surface area contributed by atoms with E-state index >= 15 is 0 Å². The summed E-state index contributed by atoms with van der Waals surface area (Å²) in [5.74, 6) is -0.285. The topological polar surface area (TPSA) is 144 Å². The molecule has 0 bridgehead atoms. The molecule has 0 aliphatic heterocycles. The van der Waals surface area contributed by atoms with Gasteiger partial charge in [0.1, 0.15) is 17.5 Å². The van der Waals surface area contributed by atoms with Crippen LogP contribution in [0.4, 0.5) is 11.5 Å². The number of aromatic nitrogens is 3. The van der Waals surface area contributed by atoms with Crippen LogP contribution in [0.1, 0.15) is 5.56 Å². The number of H-pyrrole nitrogens is 1. The first kappa shape index (κ1) is 13.4. The van der Waals surface area contributed by atoms with Gasteiger partial charge in [0, 0.05) is 6.07 Å². The number of aromatic amines is 1. The van der Waals surface area contributed by atoms with Crippen LogP contribution in [0.15, 0.2) is 39.9 Å². The van der Waals surface area contributed by atoms with Gasteiger partial charge < -0.3 is 16.5 Å². The number of anilines is 2. The lowest BCUT2D eigenvalue weighted by Gasteiger charge is -2.10. The minimum atomic E-state index is -0.784. The van der Waals surface area contributed by atoms with Gasteiger partial charge in [-0.1, -0.05) is 12.1 Å². The molecule has 0 amide bonds. The second-order valence-electron chi connectivity index (χ2n) is 4.56. The Balaban J connectivity index is 2.43. The van der Waals surface area contributed by atoms with Gasteiger partial charge in [0.2, 0.25) is 5.82 Å². The Labute approximate surface area is 123 Å². The van der Waals surface area contributed by atoms with Crippen LogP contribution < -0.4 is 22.6 Å². The van der Waals surface area contributed by atoms with Gasteiger partial charge in [0.05, 0.1) is 16.7 Å². The summed E-state index contributed by atoms with van der Waals surface area (Å²) in [5.41, 5.74) is 10.7. The number of nitrogens with one attached hydrogen (secondary N) is 1. The second kappa shape index (κ2) is 4.75. The van der Waals surface area contributed by atoms with E-state index in [0.29, 0.717) is 11.0 Å². The van der Waals surface area contributed by atoms with Gasteiger partial charge in [0.25, 0.3) is 11.1 Å². The second-order valence-corrected chi connectivity index (χ2v) is 4.56. The molecular weight excluding hydrogens is 284 g/mol. The van der Waals surface area contributed by atoms with Crippen molar-refractivity contribution in [3.63, 3.8) is 0 Å². The number of benzene rings is 1. The van der Waals surface area contributed by atoms with Gasteiger partial charge in [-0.3, -0.25) is 9.59 Å². The number of hydrogen-bond acceptors (Lipinski definition) is 6. The highest BCUT2D eigenvalue weighted by molar-refractivity contribution is 5.74. The molecule has 3 aromatic rings. The average Bonchev–Trinajstić information content (AvgIpc) is 2.47. The standard InChI is InChI=1S/C14H10N6O2/c15-6-7-8(16)5-11(17)20(14(7)22)12-13(21)19-10-4-2-1-3-9(10)18-12/h1-5H,16-17H2,(H,19,21). The van der Waals surface area contributed by atoms with Crippen LogP contribution >= 0.6 is 0 Å². The summed E-state index contributed by atoms with van der Waals surface area (Å²) in [6.45, 7) is 0. The third-order valence-corrected chi connectivity index (χ3v) is 3.17. The van der Waals surface area contributed by atoms with Gasteiger partial charge in [-0.15, -0.1) is 0 Å². The van der Waals surface area contributed by atoms with Gasteiger partial charge in [0.15, 0.2) is 0 Å². The van der Waals surface area contributed by atoms with Crippen molar-refractivity contribution in [2.75, 3.05) is 11.5 Å². The van der Waals surface area contributed by atoms with Crippen molar-refractivity contribution in [3.8, 4) is 11.9 Å². The Morgan fingerprint density at radius 2 is 1.95 bits per heavy atom. The Kier molecular flexibility index (Phi) is 2.89. The highest BCUT2D eigenvalue weighted by atomic mass is 16.1. The lowest BCUT2D eigenvalue weighted by Crippen LogP contribution is -2.30. The first-order valence-corrected chi connectivity index (χ1v) is 6.23. The van der Waals surface area contributed by atoms with E-state index in [2.05, 4.69) is 9.97 Å². The molecule has 108 valence electrons. The first-order chi connectivity index (χ1) is 10.5. The number of fused-ring (bicyclic) bond motifs is 1. The molecule has 0 aliphatic rings. The van der Waals surface area contributed by atoms with E-state index in [1.165, 1.54) is 6.07 Å². The fourth-order valence-corrected chi connectivity index (χ4v) is 2.15. The van der Waals surface area contributed by atoms with Crippen LogP contribution in [0.5, 0.6) is 0 Å². The highest BCUT2D eigenvalue weighted by Gasteiger charge is 2.16. The van der Waals surface area contributed by atoms with E-state index in [0.717, 1.165) is 4.57 Å². The van der Waals surface area contributed by atoms with Crippen LogP contribution in [-0.4, -0.2) is 14.5 Å². The molecule has 0 atom stereocenters. The molecule has 8 heteroatoms. The molecule has 8 nitrogen and oxygen atoms in total. The molecule has 2 heterocycles. The molecule has 3 rings (SSSR count). The third-order valence-electron chi connectivity index (χ3n) is 3.17. The number of rotatable bonds is 1. The Morgan fingerprint density at radius 3 is 2.68 bits per heavy atom. The summed E-state index contributed by atoms with van der Waals surface area (Å²) in [5, 5.41) is 9.01. The number of nitrogen functional groups attached to an aromatic ring is 2. The van der Waals surface area contributed by atoms with E-state index in [1.807, 2.05) is 0 Å². The zero-order valence-corrected chi connectivity index (χ0v) is 11.2. The summed E-state index contributed by atoms with van der Waals surface area (Å²) in [6, 6.07) is 9.80. The van der Waals surface area contributed by atoms with Gasteiger partial charge in [-0.2, -0.15) is 5.26 Å². The molecule has 2 aromatic heterocycles. The molecule has 0 fully saturated rings. The Hall–Kier alpha value is -3.60. The summed E-state index contributed by atoms with van der Waals surface area (Å²) >= 11 is 0. The van der Waals surface area contributed by atoms with Crippen molar-refractivity contribution < 1.29 is 0 Å². The SMILES string of the molecule is N#Cc1c(N)cc(N)n(-c2nc3ccccc3[nH]c2=O)c1=O. The van der Waals surface area contributed by atoms with Crippen molar-refractivity contribution >= 4 is 22.5 Å². The molecule has 1 aromatic carbocycles. The smallest absolute Gasteiger partial charge is 0.292 e. The molecule has 5 N–H and O–H groups in total. The fourth-order valence-electron chi connectivity index (χ4n) is 2.15. The third kappa shape index (κ3) is 1.89. The van der Waals surface area contributed by atoms with E-state index in [-0.39, 0.29) is 22.9 Å². The van der Waals surface area contributed by atoms with Crippen LogP contribution in [-0.2, 0) is 0 Å². The molecule has 0 saturated heterocycles. The molecule has 0 spiro atoms. The first-order valence-electron chi connectivity index (χ1n) is 6.23. The number of nitrogens with zero attached hydrogens (tertiary/aromatic N) is 3. The summed E-state index contributed by atoms with van der Waals surface area (Å²) in [7, 11) is 0. The van der Waals surface area contributed by atoms with Crippen LogP contribution in [0.2, 0.25) is 0 Å². The lowest BCUT2D eigenvalue weighted by atomic mass is 10.2. The maximum atomic E-state index is 12.3. The summed E-state index contributed by atoms with van der Waals surface area (Å²) in [4.78, 5) is 31.3. The number of pyridine rings is 1. The average molecular weight is 294 g/mol. The lowest BCUT2D eigenvalue weighted by molar-refractivity contribution is 0.930. The van der Waals surface area contributed by atoms with Crippen molar-refractivity contribution in [2.45, 2.75) is 0 Å². The predicted molar refractivity (Wildman–Crippen MR) is 81.5 cm³/mol. The maximum Gasteiger partial charge on any atom is 0.292 e. The number of nitrogens with two attached hydrogens (primary N) is 2. The van der Waals surface area contributed by atoms with E-state index in [9.17, 15) is 9.59 Å². The highest BCUT2D eigenvalue weighted by Crippen LogP contribution is 2.14. The number of hydrogen-bond donors (Lipinski definition) is 3. The summed E-state index contributed by atoms with van der Waals surface area (Å²) < 4.78 is 0.875. The minimum Gasteiger partial charge on any atom is -0.397 e. The van der Waals surface area contributed by atoms with Crippen molar-refractivity contribution in [1.82, 2.24) is 14.5 Å². The van der Waals surface area contributed by atoms with E-state index < -0.39 is 11.1 Å². The monoisotopic (exact) mass is 294 g/mol. The largest absolute Gasteiger partial charge is 0.397 e.